The van der Waals surface area contributed by atoms with Crippen LogP contribution in [0.2, 0.25) is 0 Å². The molecule has 0 saturated carbocycles. The molecule has 2 aromatic rings. The minimum atomic E-state index is -3.21. The number of nitrogens with zero attached hydrogens (tertiary/aromatic N) is 2. The Hall–Kier alpha value is -3.20. The van der Waals surface area contributed by atoms with E-state index in [0.29, 0.717) is 12.8 Å². The first-order valence-corrected chi connectivity index (χ1v) is 12.3. The topological polar surface area (TPSA) is 104 Å². The van der Waals surface area contributed by atoms with Crippen molar-refractivity contribution < 1.29 is 22.8 Å². The summed E-state index contributed by atoms with van der Waals surface area (Å²) < 4.78 is 24.0. The lowest BCUT2D eigenvalue weighted by molar-refractivity contribution is -0.139. The van der Waals surface area contributed by atoms with Gasteiger partial charge in [0.05, 0.1) is 11.5 Å². The van der Waals surface area contributed by atoms with E-state index in [1.165, 1.54) is 4.90 Å². The maximum atomic E-state index is 13.2. The van der Waals surface area contributed by atoms with Crippen LogP contribution in [0.15, 0.2) is 60.7 Å². The third-order valence-corrected chi connectivity index (χ3v) is 7.60. The molecular weight excluding hydrogens is 430 g/mol. The number of hydrogen-bond donors (Lipinski definition) is 1. The predicted octanol–water partition coefficient (Wildman–Crippen LogP) is 1.37. The second-order valence-electron chi connectivity index (χ2n) is 8.18. The molecule has 2 saturated heterocycles. The SMILES string of the molecule is O=C1NC(Cc2ccccc2)C(=O)N1CC(=O)N(Cc1ccccc1)C1CCS(=O)(=O)C1. The molecule has 0 aromatic heterocycles. The summed E-state index contributed by atoms with van der Waals surface area (Å²) in [5, 5.41) is 2.65. The molecular formula is C23H25N3O5S. The normalized spacial score (nSPS) is 22.1. The average molecular weight is 456 g/mol. The van der Waals surface area contributed by atoms with E-state index in [4.69, 9.17) is 0 Å². The number of imide groups is 1. The van der Waals surface area contributed by atoms with Crippen LogP contribution in [0, 0.1) is 0 Å². The molecule has 0 spiro atoms. The Morgan fingerprint density at radius 2 is 1.62 bits per heavy atom. The van der Waals surface area contributed by atoms with Crippen molar-refractivity contribution in [2.75, 3.05) is 18.1 Å². The van der Waals surface area contributed by atoms with E-state index in [9.17, 15) is 22.8 Å². The molecule has 9 heteroatoms. The van der Waals surface area contributed by atoms with Gasteiger partial charge in [-0.1, -0.05) is 60.7 Å². The van der Waals surface area contributed by atoms with Crippen LogP contribution >= 0.6 is 0 Å². The maximum Gasteiger partial charge on any atom is 0.325 e. The molecule has 2 heterocycles. The van der Waals surface area contributed by atoms with Crippen LogP contribution in [-0.2, 0) is 32.4 Å². The van der Waals surface area contributed by atoms with Gasteiger partial charge in [-0.3, -0.25) is 14.5 Å². The number of rotatable bonds is 7. The van der Waals surface area contributed by atoms with Crippen molar-refractivity contribution in [1.29, 1.82) is 0 Å². The summed E-state index contributed by atoms with van der Waals surface area (Å²) in [5.41, 5.74) is 1.76. The van der Waals surface area contributed by atoms with Crippen LogP contribution in [-0.4, -0.2) is 66.2 Å². The Morgan fingerprint density at radius 1 is 1.00 bits per heavy atom. The fourth-order valence-corrected chi connectivity index (χ4v) is 5.89. The molecule has 0 bridgehead atoms. The highest BCUT2D eigenvalue weighted by Crippen LogP contribution is 2.21. The molecule has 1 N–H and O–H groups in total. The number of nitrogens with one attached hydrogen (secondary N) is 1. The maximum absolute atomic E-state index is 13.2. The first kappa shape index (κ1) is 22.0. The first-order chi connectivity index (χ1) is 15.3. The van der Waals surface area contributed by atoms with E-state index in [1.54, 1.807) is 0 Å². The second kappa shape index (κ2) is 9.12. The highest BCUT2D eigenvalue weighted by Gasteiger charge is 2.41. The number of urea groups is 1. The van der Waals surface area contributed by atoms with Gasteiger partial charge in [-0.15, -0.1) is 0 Å². The van der Waals surface area contributed by atoms with Crippen LogP contribution in [0.4, 0.5) is 4.79 Å². The lowest BCUT2D eigenvalue weighted by atomic mass is 10.1. The zero-order chi connectivity index (χ0) is 22.7. The van der Waals surface area contributed by atoms with Crippen molar-refractivity contribution in [3.8, 4) is 0 Å². The summed E-state index contributed by atoms with van der Waals surface area (Å²) in [7, 11) is -3.21. The molecule has 2 aliphatic heterocycles. The molecule has 0 aliphatic carbocycles. The van der Waals surface area contributed by atoms with E-state index >= 15 is 0 Å². The summed E-state index contributed by atoms with van der Waals surface area (Å²) in [6.45, 7) is -0.198. The van der Waals surface area contributed by atoms with E-state index in [-0.39, 0.29) is 18.1 Å². The Bertz CT molecular complexity index is 1100. The zero-order valence-electron chi connectivity index (χ0n) is 17.5. The lowest BCUT2D eigenvalue weighted by Gasteiger charge is -2.29. The third kappa shape index (κ3) is 4.99. The standard InChI is InChI=1S/C23H25N3O5S/c27-21(15-26-22(28)20(24-23(26)29)13-17-7-3-1-4-8-17)25(14-18-9-5-2-6-10-18)19-11-12-32(30,31)16-19/h1-10,19-20H,11-16H2,(H,24,29). The number of sulfone groups is 1. The van der Waals surface area contributed by atoms with Gasteiger partial charge in [0.25, 0.3) is 5.91 Å². The molecule has 2 aromatic carbocycles. The van der Waals surface area contributed by atoms with Gasteiger partial charge in [0.1, 0.15) is 12.6 Å². The Morgan fingerprint density at radius 3 is 2.22 bits per heavy atom. The van der Waals surface area contributed by atoms with Crippen molar-refractivity contribution in [2.24, 2.45) is 0 Å². The molecule has 8 nitrogen and oxygen atoms in total. The first-order valence-electron chi connectivity index (χ1n) is 10.5. The molecule has 2 fully saturated rings. The third-order valence-electron chi connectivity index (χ3n) is 5.85. The Labute approximate surface area is 187 Å². The summed E-state index contributed by atoms with van der Waals surface area (Å²) in [6, 6.07) is 16.8. The second-order valence-corrected chi connectivity index (χ2v) is 10.4. The van der Waals surface area contributed by atoms with Crippen LogP contribution in [0.3, 0.4) is 0 Å². The van der Waals surface area contributed by atoms with E-state index in [1.807, 2.05) is 60.7 Å². The predicted molar refractivity (Wildman–Crippen MR) is 118 cm³/mol. The van der Waals surface area contributed by atoms with E-state index < -0.39 is 46.3 Å². The average Bonchev–Trinajstić information content (AvgIpc) is 3.26. The number of carbonyl (C=O) groups is 3. The number of benzene rings is 2. The molecule has 2 unspecified atom stereocenters. The van der Waals surface area contributed by atoms with Gasteiger partial charge in [-0.25, -0.2) is 13.2 Å². The van der Waals surface area contributed by atoms with Gasteiger partial charge in [0.2, 0.25) is 5.91 Å². The van der Waals surface area contributed by atoms with Crippen LogP contribution in [0.5, 0.6) is 0 Å². The number of amides is 4. The number of hydrogen-bond acceptors (Lipinski definition) is 5. The van der Waals surface area contributed by atoms with Crippen LogP contribution in [0.25, 0.3) is 0 Å². The molecule has 0 radical (unpaired) electrons. The highest BCUT2D eigenvalue weighted by atomic mass is 32.2. The Balaban J connectivity index is 1.48. The quantitative estimate of drug-likeness (QED) is 0.635. The van der Waals surface area contributed by atoms with Crippen LogP contribution < -0.4 is 5.32 Å². The van der Waals surface area contributed by atoms with Crippen molar-refractivity contribution in [3.63, 3.8) is 0 Å². The molecule has 4 rings (SSSR count). The molecule has 2 aliphatic rings. The zero-order valence-corrected chi connectivity index (χ0v) is 18.3. The largest absolute Gasteiger partial charge is 0.333 e. The monoisotopic (exact) mass is 455 g/mol. The summed E-state index contributed by atoms with van der Waals surface area (Å²) in [4.78, 5) is 40.9. The van der Waals surface area contributed by atoms with Crippen molar-refractivity contribution in [2.45, 2.75) is 31.5 Å². The summed E-state index contributed by atoms with van der Waals surface area (Å²) >= 11 is 0. The fraction of sp³-hybridized carbons (Fsp3) is 0.348. The van der Waals surface area contributed by atoms with E-state index in [2.05, 4.69) is 5.32 Å². The molecule has 4 amide bonds. The molecule has 32 heavy (non-hydrogen) atoms. The van der Waals surface area contributed by atoms with Crippen molar-refractivity contribution >= 4 is 27.7 Å². The highest BCUT2D eigenvalue weighted by molar-refractivity contribution is 7.91. The van der Waals surface area contributed by atoms with Gasteiger partial charge in [-0.2, -0.15) is 0 Å². The van der Waals surface area contributed by atoms with E-state index in [0.717, 1.165) is 16.0 Å². The van der Waals surface area contributed by atoms with Gasteiger partial charge in [0.15, 0.2) is 9.84 Å². The van der Waals surface area contributed by atoms with Crippen molar-refractivity contribution in [1.82, 2.24) is 15.1 Å². The summed E-state index contributed by atoms with van der Waals surface area (Å²) in [6.07, 6.45) is 0.683. The van der Waals surface area contributed by atoms with Crippen LogP contribution in [0.1, 0.15) is 17.5 Å². The van der Waals surface area contributed by atoms with Gasteiger partial charge >= 0.3 is 6.03 Å². The smallest absolute Gasteiger partial charge is 0.325 e. The van der Waals surface area contributed by atoms with Crippen molar-refractivity contribution in [3.05, 3.63) is 71.8 Å². The fourth-order valence-electron chi connectivity index (χ4n) is 4.16. The minimum absolute atomic E-state index is 0.0263. The summed E-state index contributed by atoms with van der Waals surface area (Å²) in [5.74, 6) is -0.980. The minimum Gasteiger partial charge on any atom is -0.333 e. The number of carbonyl (C=O) groups excluding carboxylic acids is 3. The molecule has 2 atom stereocenters. The van der Waals surface area contributed by atoms with Gasteiger partial charge in [-0.05, 0) is 17.5 Å². The Kier molecular flexibility index (Phi) is 6.27. The lowest BCUT2D eigenvalue weighted by Crippen LogP contribution is -2.47. The van der Waals surface area contributed by atoms with Gasteiger partial charge in [0, 0.05) is 19.0 Å². The molecule has 168 valence electrons. The van der Waals surface area contributed by atoms with Gasteiger partial charge < -0.3 is 10.2 Å².